The van der Waals surface area contributed by atoms with Crippen LogP contribution in [-0.4, -0.2) is 41.3 Å². The highest BCUT2D eigenvalue weighted by Gasteiger charge is 2.35. The van der Waals surface area contributed by atoms with Gasteiger partial charge in [-0.2, -0.15) is 0 Å². The van der Waals surface area contributed by atoms with Crippen molar-refractivity contribution in [3.05, 3.63) is 0 Å². The van der Waals surface area contributed by atoms with E-state index in [4.69, 9.17) is 11.5 Å². The molecule has 0 rings (SSSR count). The van der Waals surface area contributed by atoms with Gasteiger partial charge in [-0.25, -0.2) is 0 Å². The first-order valence-electron chi connectivity index (χ1n) is 8.19. The number of rotatable bonds is 12. The Kier molecular flexibility index (Phi) is 10.9. The summed E-state index contributed by atoms with van der Waals surface area (Å²) in [5, 5.41) is 20.6. The molecule has 0 radical (unpaired) electrons. The van der Waals surface area contributed by atoms with Crippen molar-refractivity contribution < 1.29 is 15.0 Å². The minimum Gasteiger partial charge on any atom is -0.393 e. The third kappa shape index (κ3) is 6.87. The molecule has 0 bridgehead atoms. The Morgan fingerprint density at radius 1 is 0.952 bits per heavy atom. The van der Waals surface area contributed by atoms with Crippen LogP contribution in [-0.2, 0) is 4.79 Å². The summed E-state index contributed by atoms with van der Waals surface area (Å²) in [5.74, 6) is -0.489. The summed E-state index contributed by atoms with van der Waals surface area (Å²) in [5.41, 5.74) is 10.9. The minimum absolute atomic E-state index is 0.0513. The monoisotopic (exact) mass is 302 g/mol. The highest BCUT2D eigenvalue weighted by atomic mass is 16.3. The van der Waals surface area contributed by atoms with E-state index in [-0.39, 0.29) is 17.6 Å². The van der Waals surface area contributed by atoms with Gasteiger partial charge in [0, 0.05) is 12.3 Å². The summed E-state index contributed by atoms with van der Waals surface area (Å²) in [6.07, 6.45) is 1.86. The second-order valence-corrected chi connectivity index (χ2v) is 6.06. The molecule has 5 unspecified atom stereocenters. The third-order valence-corrected chi connectivity index (χ3v) is 4.55. The van der Waals surface area contributed by atoms with E-state index >= 15 is 0 Å². The van der Waals surface area contributed by atoms with Crippen molar-refractivity contribution in [1.82, 2.24) is 0 Å². The Morgan fingerprint density at radius 2 is 1.43 bits per heavy atom. The van der Waals surface area contributed by atoms with Crippen LogP contribution in [0.3, 0.4) is 0 Å². The first kappa shape index (κ1) is 20.5. The second-order valence-electron chi connectivity index (χ2n) is 6.06. The lowest BCUT2D eigenvalue weighted by Crippen LogP contribution is -2.39. The van der Waals surface area contributed by atoms with Crippen LogP contribution < -0.4 is 11.5 Å². The van der Waals surface area contributed by atoms with Gasteiger partial charge >= 0.3 is 0 Å². The van der Waals surface area contributed by atoms with Crippen molar-refractivity contribution in [2.24, 2.45) is 29.2 Å². The van der Waals surface area contributed by atoms with Crippen molar-refractivity contribution in [3.63, 3.8) is 0 Å². The highest BCUT2D eigenvalue weighted by molar-refractivity contribution is 5.81. The molecule has 5 nitrogen and oxygen atoms in total. The predicted octanol–water partition coefficient (Wildman–Crippen LogP) is 1.05. The standard InChI is InChI=1S/C16H34N2O3/c1-4-13(19)16(15(21)8-6-10-18)12(3)11(2)14(20)7-5-9-17/h11-12,14-16,20-21H,4-10,17-18H2,1-3H3. The van der Waals surface area contributed by atoms with E-state index in [1.54, 1.807) is 0 Å². The summed E-state index contributed by atoms with van der Waals surface area (Å²) in [4.78, 5) is 12.2. The van der Waals surface area contributed by atoms with E-state index in [1.807, 2.05) is 20.8 Å². The Morgan fingerprint density at radius 3 is 1.86 bits per heavy atom. The molecule has 0 saturated carbocycles. The molecular weight excluding hydrogens is 268 g/mol. The van der Waals surface area contributed by atoms with E-state index < -0.39 is 18.1 Å². The zero-order valence-electron chi connectivity index (χ0n) is 13.8. The van der Waals surface area contributed by atoms with Crippen molar-refractivity contribution in [1.29, 1.82) is 0 Å². The average Bonchev–Trinajstić information content (AvgIpc) is 2.49. The van der Waals surface area contributed by atoms with Crippen LogP contribution in [0.2, 0.25) is 0 Å². The molecule has 0 aromatic rings. The van der Waals surface area contributed by atoms with Crippen molar-refractivity contribution in [2.45, 2.75) is 65.1 Å². The molecule has 0 heterocycles. The Bertz CT molecular complexity index is 287. The van der Waals surface area contributed by atoms with Gasteiger partial charge in [0.05, 0.1) is 12.2 Å². The van der Waals surface area contributed by atoms with Gasteiger partial charge in [0.2, 0.25) is 0 Å². The number of Topliss-reactive ketones (excluding diaryl/α,β-unsaturated/α-hetero) is 1. The first-order chi connectivity index (χ1) is 9.90. The van der Waals surface area contributed by atoms with Crippen LogP contribution in [0.1, 0.15) is 52.9 Å². The van der Waals surface area contributed by atoms with Crippen LogP contribution in [0.5, 0.6) is 0 Å². The van der Waals surface area contributed by atoms with E-state index in [0.717, 1.165) is 6.42 Å². The molecule has 5 atom stereocenters. The summed E-state index contributed by atoms with van der Waals surface area (Å²) in [6, 6.07) is 0. The van der Waals surface area contributed by atoms with Crippen LogP contribution in [0, 0.1) is 17.8 Å². The molecule has 0 aliphatic heterocycles. The maximum absolute atomic E-state index is 12.2. The van der Waals surface area contributed by atoms with Gasteiger partial charge in [-0.15, -0.1) is 0 Å². The Labute approximate surface area is 129 Å². The molecule has 0 amide bonds. The fourth-order valence-corrected chi connectivity index (χ4v) is 2.87. The molecule has 0 fully saturated rings. The lowest BCUT2D eigenvalue weighted by molar-refractivity contribution is -0.130. The summed E-state index contributed by atoms with van der Waals surface area (Å²) in [6.45, 7) is 6.76. The molecule has 0 saturated heterocycles. The van der Waals surface area contributed by atoms with Crippen LogP contribution in [0.4, 0.5) is 0 Å². The van der Waals surface area contributed by atoms with Gasteiger partial charge in [0.1, 0.15) is 5.78 Å². The molecule has 0 aliphatic rings. The molecule has 5 heteroatoms. The zero-order valence-corrected chi connectivity index (χ0v) is 13.8. The second kappa shape index (κ2) is 11.1. The van der Waals surface area contributed by atoms with E-state index in [1.165, 1.54) is 0 Å². The van der Waals surface area contributed by atoms with Crippen LogP contribution >= 0.6 is 0 Å². The smallest absolute Gasteiger partial charge is 0.138 e. The SMILES string of the molecule is CCC(=O)C(C(O)CCCN)C(C)C(C)C(O)CCCN. The van der Waals surface area contributed by atoms with Gasteiger partial charge < -0.3 is 21.7 Å². The molecule has 0 spiro atoms. The normalized spacial score (nSPS) is 18.8. The van der Waals surface area contributed by atoms with Gasteiger partial charge in [0.15, 0.2) is 0 Å². The average molecular weight is 302 g/mol. The zero-order chi connectivity index (χ0) is 16.4. The maximum Gasteiger partial charge on any atom is 0.138 e. The number of carbonyl (C=O) groups excluding carboxylic acids is 1. The Balaban J connectivity index is 4.84. The lowest BCUT2D eigenvalue weighted by Gasteiger charge is -2.33. The summed E-state index contributed by atoms with van der Waals surface area (Å²) in [7, 11) is 0. The van der Waals surface area contributed by atoms with E-state index in [9.17, 15) is 15.0 Å². The maximum atomic E-state index is 12.2. The topological polar surface area (TPSA) is 110 Å². The summed E-state index contributed by atoms with van der Waals surface area (Å²) < 4.78 is 0. The van der Waals surface area contributed by atoms with E-state index in [0.29, 0.717) is 38.8 Å². The van der Waals surface area contributed by atoms with Gasteiger partial charge in [-0.3, -0.25) is 4.79 Å². The largest absolute Gasteiger partial charge is 0.393 e. The first-order valence-corrected chi connectivity index (χ1v) is 8.19. The fraction of sp³-hybridized carbons (Fsp3) is 0.938. The molecular formula is C16H34N2O3. The molecule has 0 aliphatic carbocycles. The molecule has 21 heavy (non-hydrogen) atoms. The fourth-order valence-electron chi connectivity index (χ4n) is 2.87. The van der Waals surface area contributed by atoms with Crippen LogP contribution in [0.15, 0.2) is 0 Å². The van der Waals surface area contributed by atoms with Crippen molar-refractivity contribution in [3.8, 4) is 0 Å². The molecule has 6 N–H and O–H groups in total. The van der Waals surface area contributed by atoms with E-state index in [2.05, 4.69) is 0 Å². The predicted molar refractivity (Wildman–Crippen MR) is 85.7 cm³/mol. The van der Waals surface area contributed by atoms with Crippen molar-refractivity contribution >= 4 is 5.78 Å². The summed E-state index contributed by atoms with van der Waals surface area (Å²) >= 11 is 0. The van der Waals surface area contributed by atoms with Crippen LogP contribution in [0.25, 0.3) is 0 Å². The highest BCUT2D eigenvalue weighted by Crippen LogP contribution is 2.30. The number of aliphatic hydroxyl groups excluding tert-OH is 2. The quantitative estimate of drug-likeness (QED) is 0.431. The molecule has 126 valence electrons. The molecule has 0 aromatic heterocycles. The third-order valence-electron chi connectivity index (χ3n) is 4.55. The Hall–Kier alpha value is -0.490. The number of hydrogen-bond acceptors (Lipinski definition) is 5. The number of aliphatic hydroxyl groups is 2. The lowest BCUT2D eigenvalue weighted by atomic mass is 9.74. The van der Waals surface area contributed by atoms with Gasteiger partial charge in [0.25, 0.3) is 0 Å². The molecule has 0 aromatic carbocycles. The van der Waals surface area contributed by atoms with Crippen molar-refractivity contribution in [2.75, 3.05) is 13.1 Å². The number of hydrogen-bond donors (Lipinski definition) is 4. The number of carbonyl (C=O) groups is 1. The van der Waals surface area contributed by atoms with Gasteiger partial charge in [-0.05, 0) is 50.6 Å². The minimum atomic E-state index is -0.680. The van der Waals surface area contributed by atoms with Gasteiger partial charge in [-0.1, -0.05) is 20.8 Å². The number of ketones is 1. The number of nitrogens with two attached hydrogens (primary N) is 2.